The second kappa shape index (κ2) is 38.7. The molecule has 0 unspecified atom stereocenters. The molecule has 1 saturated carbocycles. The van der Waals surface area contributed by atoms with Crippen molar-refractivity contribution in [3.63, 3.8) is 0 Å². The van der Waals surface area contributed by atoms with E-state index in [4.69, 9.17) is 45.1 Å². The van der Waals surface area contributed by atoms with Gasteiger partial charge in [-0.3, -0.25) is 53.0 Å². The highest BCUT2D eigenvalue weighted by atomic mass is 32.2. The monoisotopic (exact) mass is 1630 g/mol. The molecule has 5 aromatic carbocycles. The molecule has 1 aliphatic carbocycles. The van der Waals surface area contributed by atoms with Gasteiger partial charge in [-0.2, -0.15) is 0 Å². The van der Waals surface area contributed by atoms with Crippen molar-refractivity contribution in [3.8, 4) is 28.7 Å². The lowest BCUT2D eigenvalue weighted by molar-refractivity contribution is -0.138. The Balaban J connectivity index is 0.582. The number of hydrogen-bond acceptors (Lipinski definition) is 22. The molecule has 10 amide bonds. The van der Waals surface area contributed by atoms with Gasteiger partial charge in [0, 0.05) is 121 Å². The average molecular weight is 1630 g/mol. The smallest absolute Gasteiger partial charge is 0.332 e. The lowest BCUT2D eigenvalue weighted by atomic mass is 9.87. The first kappa shape index (κ1) is 83.7. The molecule has 4 aliphatic heterocycles. The van der Waals surface area contributed by atoms with Gasteiger partial charge in [-0.1, -0.05) is 108 Å². The molecule has 30 nitrogen and oxygen atoms in total. The Bertz CT molecular complexity index is 5090. The number of carbonyl (C=O) groups excluding carboxylic acids is 9. The maximum absolute atomic E-state index is 14.2. The van der Waals surface area contributed by atoms with Gasteiger partial charge in [-0.25, -0.2) is 19.7 Å². The van der Waals surface area contributed by atoms with E-state index >= 15 is 0 Å². The fraction of sp³-hybridized carbons (Fsp3) is 0.388. The number of nitrogens with zero attached hydrogens (tertiary/aromatic N) is 8. The number of ether oxygens (including phenoxy) is 5. The Morgan fingerprint density at radius 3 is 2.06 bits per heavy atom. The molecule has 7 heterocycles. The van der Waals surface area contributed by atoms with Crippen LogP contribution in [0, 0.1) is 11.8 Å². The van der Waals surface area contributed by atoms with Crippen molar-refractivity contribution < 1.29 is 66.8 Å². The molecule has 5 aliphatic rings. The topological polar surface area (TPSA) is 380 Å². The Morgan fingerprint density at radius 1 is 0.709 bits per heavy atom. The molecule has 612 valence electrons. The number of aromatic nitrogens is 4. The molecule has 0 bridgehead atoms. The predicted molar refractivity (Wildman–Crippen MR) is 441 cm³/mol. The maximum atomic E-state index is 14.2. The molecule has 8 aromatic rings. The van der Waals surface area contributed by atoms with Crippen molar-refractivity contribution in [3.05, 3.63) is 183 Å². The lowest BCUT2D eigenvalue weighted by Crippen LogP contribution is -2.57. The van der Waals surface area contributed by atoms with Crippen molar-refractivity contribution >= 4 is 110 Å². The first-order valence-electron chi connectivity index (χ1n) is 39.1. The van der Waals surface area contributed by atoms with Crippen LogP contribution in [-0.4, -0.2) is 211 Å². The number of urea groups is 1. The van der Waals surface area contributed by atoms with Crippen LogP contribution in [0.4, 0.5) is 16.4 Å². The van der Waals surface area contributed by atoms with Crippen LogP contribution in [0.3, 0.4) is 0 Å². The number of anilines is 2. The zero-order valence-corrected chi connectivity index (χ0v) is 67.1. The van der Waals surface area contributed by atoms with Crippen LogP contribution < -0.4 is 52.8 Å². The minimum atomic E-state index is -1.45. The predicted octanol–water partition coefficient (Wildman–Crippen LogP) is 6.91. The van der Waals surface area contributed by atoms with E-state index in [1.807, 2.05) is 115 Å². The molecule has 3 aromatic heterocycles. The molecule has 2 atom stereocenters. The highest BCUT2D eigenvalue weighted by Gasteiger charge is 2.46. The number of amides is 10. The van der Waals surface area contributed by atoms with Gasteiger partial charge in [0.05, 0.1) is 92.5 Å². The van der Waals surface area contributed by atoms with Crippen molar-refractivity contribution in [2.45, 2.75) is 117 Å². The molecule has 13 rings (SSSR count). The van der Waals surface area contributed by atoms with E-state index in [0.717, 1.165) is 98.7 Å². The summed E-state index contributed by atoms with van der Waals surface area (Å²) in [5.74, 6) is 2.63. The Morgan fingerprint density at radius 2 is 1.39 bits per heavy atom. The van der Waals surface area contributed by atoms with Gasteiger partial charge in [-0.15, -0.1) is 0 Å². The van der Waals surface area contributed by atoms with Crippen LogP contribution in [0.5, 0.6) is 5.75 Å². The number of methoxy groups -OCH3 is 1. The Labute approximate surface area is 684 Å². The molecule has 3 saturated heterocycles. The quantitative estimate of drug-likeness (QED) is 0.00899. The number of benzene rings is 5. The number of rotatable bonds is 37. The van der Waals surface area contributed by atoms with Crippen LogP contribution in [0.1, 0.15) is 94.4 Å². The second-order valence-corrected chi connectivity index (χ2v) is 31.6. The van der Waals surface area contributed by atoms with E-state index in [0.29, 0.717) is 75.2 Å². The van der Waals surface area contributed by atoms with E-state index in [2.05, 4.69) is 60.9 Å². The molecule has 9 N–H and O–H groups in total. The number of hydrogen-bond donors (Lipinski definition) is 7. The zero-order valence-electron chi connectivity index (χ0n) is 65.4. The Hall–Kier alpha value is -11.3. The summed E-state index contributed by atoms with van der Waals surface area (Å²) in [4.78, 5) is 156. The van der Waals surface area contributed by atoms with Crippen molar-refractivity contribution in [1.82, 2.24) is 55.5 Å². The fourth-order valence-corrected chi connectivity index (χ4v) is 16.7. The molecule has 0 spiro atoms. The number of imide groups is 2. The number of aromatic amines is 1. The standard InChI is InChI=1S/C85H95N15O15S2/c1-84(34-41-96(42-35-84)58-30-38-97(39-31-58)82-93-65-25-22-56(64-51-95(2)79(107)74-62(64)29-37-88-74)49-63(65)77(94-82)85(115-59-23-24-59,57-15-7-4-8-16-57)52-114-54-90-71(103)28-27-69(86)101)91-36-13-14-55-21-26-68(111-3)67(48-55)98-40-32-73(105)100(83(98)110)53-89-78(106)66(50-70(87)102)92-72(104)33-44-112-46-47-113-45-43-99-80(108)75(116-60-17-9-5-10-18-60)76(81(99)109)117-61-19-11-6-12-20-61/h4-12,15-22,25-26,29,37,48-49,51,58-59,66,88,91H,23-24,27-28,30-36,38-47,50,52-54H2,1-3H3,(H2,86,101)(H2,87,102)(H,89,106)(H,90,103)(H,92,104)/t66-,85-/m0/s1. The summed E-state index contributed by atoms with van der Waals surface area (Å²) < 4.78 is 32.2. The Kier molecular flexibility index (Phi) is 27.6. The number of H-pyrrole nitrogens is 1. The highest BCUT2D eigenvalue weighted by Crippen LogP contribution is 2.46. The molecular weight excluding hydrogens is 1540 g/mol. The van der Waals surface area contributed by atoms with Gasteiger partial charge in [0.1, 0.15) is 30.7 Å². The number of primary amides is 2. The number of thioether (sulfide) groups is 2. The van der Waals surface area contributed by atoms with Gasteiger partial charge in [-0.05, 0) is 117 Å². The molecule has 117 heavy (non-hydrogen) atoms. The SMILES string of the molecule is COc1ccc(C#CCNC2(C)CCN(C3CCN(c4nc([C@@](COCNC(=O)CCC(N)=O)(OC5CC5)c5ccccc5)c5cc(-c6cn(C)c(=O)c7[nH]ccc67)ccc5n4)CC3)CC2)cc1N1CCC(=O)N(CNC(=O)[C@H](CC(N)=O)NC(=O)CCOCCOCCN2C(=O)C(Sc3ccccc3)=C(Sc3ccccc3)C2=O)C1=O. The van der Waals surface area contributed by atoms with Gasteiger partial charge in [0.15, 0.2) is 5.60 Å². The summed E-state index contributed by atoms with van der Waals surface area (Å²) in [5, 5.41) is 13.0. The second-order valence-electron chi connectivity index (χ2n) is 29.5. The zero-order chi connectivity index (χ0) is 82.2. The van der Waals surface area contributed by atoms with Crippen LogP contribution in [0.15, 0.2) is 170 Å². The summed E-state index contributed by atoms with van der Waals surface area (Å²) in [6, 6.07) is 39.8. The van der Waals surface area contributed by atoms with E-state index < -0.39 is 72.1 Å². The third-order valence-corrected chi connectivity index (χ3v) is 23.6. The van der Waals surface area contributed by atoms with Gasteiger partial charge in [0.25, 0.3) is 17.4 Å². The van der Waals surface area contributed by atoms with E-state index in [9.17, 15) is 47.9 Å². The number of pyridine rings is 1. The number of aryl methyl sites for hydroxylation is 1. The van der Waals surface area contributed by atoms with E-state index in [1.165, 1.54) is 35.5 Å². The first-order chi connectivity index (χ1) is 56.6. The van der Waals surface area contributed by atoms with Crippen molar-refractivity contribution in [1.29, 1.82) is 0 Å². The number of nitrogens with one attached hydrogen (secondary N) is 5. The van der Waals surface area contributed by atoms with Crippen LogP contribution in [-0.2, 0) is 70.0 Å². The lowest BCUT2D eigenvalue weighted by Gasteiger charge is -2.45. The normalized spacial score (nSPS) is 16.8. The molecular formula is C85H95N15O15S2. The maximum Gasteiger partial charge on any atom is 0.332 e. The van der Waals surface area contributed by atoms with Crippen LogP contribution in [0.2, 0.25) is 0 Å². The van der Waals surface area contributed by atoms with Crippen molar-refractivity contribution in [2.24, 2.45) is 18.5 Å². The minimum Gasteiger partial charge on any atom is -0.495 e. The molecule has 0 radical (unpaired) electrons. The molecule has 32 heteroatoms. The van der Waals surface area contributed by atoms with Crippen LogP contribution >= 0.6 is 23.5 Å². The van der Waals surface area contributed by atoms with Gasteiger partial charge in [0.2, 0.25) is 41.4 Å². The average Bonchev–Trinajstić information content (AvgIpc) is 1.56. The number of fused-ring (bicyclic) bond motifs is 2. The van der Waals surface area contributed by atoms with Crippen molar-refractivity contribution in [2.75, 3.05) is 109 Å². The number of carbonyl (C=O) groups is 9. The number of likely N-dealkylation sites (tertiary alicyclic amines) is 1. The van der Waals surface area contributed by atoms with Gasteiger partial charge >= 0.3 is 6.03 Å². The van der Waals surface area contributed by atoms with E-state index in [1.54, 1.807) is 36.0 Å². The fourth-order valence-electron chi connectivity index (χ4n) is 14.7. The summed E-state index contributed by atoms with van der Waals surface area (Å²) in [6.07, 6.45) is 7.60. The highest BCUT2D eigenvalue weighted by molar-refractivity contribution is 8.08. The summed E-state index contributed by atoms with van der Waals surface area (Å²) in [6.45, 7) is 5.01. The summed E-state index contributed by atoms with van der Waals surface area (Å²) in [5.41, 5.74) is 14.4. The largest absolute Gasteiger partial charge is 0.495 e. The molecule has 4 fully saturated rings. The van der Waals surface area contributed by atoms with Gasteiger partial charge < -0.3 is 75.8 Å². The third kappa shape index (κ3) is 20.8. The summed E-state index contributed by atoms with van der Waals surface area (Å²) in [7, 11) is 3.19. The minimum absolute atomic E-state index is 0.000459. The van der Waals surface area contributed by atoms with E-state index in [-0.39, 0.29) is 102 Å². The summed E-state index contributed by atoms with van der Waals surface area (Å²) >= 11 is 2.47. The number of nitrogens with two attached hydrogens (primary N) is 2. The number of piperidine rings is 2. The first-order valence-corrected chi connectivity index (χ1v) is 40.7. The third-order valence-electron chi connectivity index (χ3n) is 21.2. The van der Waals surface area contributed by atoms with Crippen LogP contribution in [0.25, 0.3) is 32.9 Å².